The van der Waals surface area contributed by atoms with Gasteiger partial charge in [-0.05, 0) is 35.6 Å². The lowest BCUT2D eigenvalue weighted by molar-refractivity contribution is -0.137. The Hall–Kier alpha value is -3.65. The van der Waals surface area contributed by atoms with Crippen LogP contribution in [0.3, 0.4) is 0 Å². The van der Waals surface area contributed by atoms with Crippen LogP contribution >= 0.6 is 0 Å². The molecule has 0 radical (unpaired) electrons. The second-order valence-electron chi connectivity index (χ2n) is 9.41. The highest BCUT2D eigenvalue weighted by atomic mass is 16.4. The van der Waals surface area contributed by atoms with E-state index in [9.17, 15) is 19.8 Å². The van der Waals surface area contributed by atoms with Crippen molar-refractivity contribution < 1.29 is 19.8 Å². The molecule has 1 heterocycles. The number of benzene rings is 2. The molecule has 3 aromatic rings. The Bertz CT molecular complexity index is 1140. The summed E-state index contributed by atoms with van der Waals surface area (Å²) in [6.07, 6.45) is -0.872. The van der Waals surface area contributed by atoms with Gasteiger partial charge in [-0.2, -0.15) is 5.10 Å². The Morgan fingerprint density at radius 2 is 1.71 bits per heavy atom. The zero-order valence-corrected chi connectivity index (χ0v) is 19.9. The first kappa shape index (κ1) is 25.0. The Labute approximate surface area is 199 Å². The van der Waals surface area contributed by atoms with Crippen LogP contribution in [0.25, 0.3) is 5.69 Å². The number of amides is 1. The zero-order chi connectivity index (χ0) is 24.9. The van der Waals surface area contributed by atoms with Gasteiger partial charge in [0.25, 0.3) is 5.91 Å². The molecule has 1 unspecified atom stereocenters. The normalized spacial score (nSPS) is 13.2. The van der Waals surface area contributed by atoms with Crippen LogP contribution in [-0.4, -0.2) is 44.5 Å². The summed E-state index contributed by atoms with van der Waals surface area (Å²) in [5, 5.41) is 30.4. The number of carbonyl (C=O) groups is 2. The van der Waals surface area contributed by atoms with Crippen molar-refractivity contribution >= 4 is 17.7 Å². The summed E-state index contributed by atoms with van der Waals surface area (Å²) >= 11 is 0. The average molecular weight is 465 g/mol. The summed E-state index contributed by atoms with van der Waals surface area (Å²) < 4.78 is 1.60. The number of nitrogens with one attached hydrogen (secondary N) is 2. The SMILES string of the molecule is Cc1ccccc1C(CC(=O)O)NC(=O)c1cc(NC[C@@H](O)C(C)(C)C)n(-c2ccccc2)n1. The number of carboxylic acids is 1. The van der Waals surface area contributed by atoms with Crippen molar-refractivity contribution in [1.29, 1.82) is 0 Å². The van der Waals surface area contributed by atoms with Crippen LogP contribution < -0.4 is 10.6 Å². The summed E-state index contributed by atoms with van der Waals surface area (Å²) in [5.74, 6) is -0.948. The lowest BCUT2D eigenvalue weighted by atomic mass is 9.89. The summed E-state index contributed by atoms with van der Waals surface area (Å²) in [7, 11) is 0. The van der Waals surface area contributed by atoms with E-state index < -0.39 is 24.0 Å². The maximum atomic E-state index is 13.2. The highest BCUT2D eigenvalue weighted by Gasteiger charge is 2.25. The lowest BCUT2D eigenvalue weighted by Crippen LogP contribution is -2.33. The standard InChI is InChI=1S/C26H32N4O4/c1-17-10-8-9-13-19(17)20(15-24(32)33)28-25(34)21-14-23(27-16-22(31)26(2,3)4)30(29-21)18-11-6-5-7-12-18/h5-14,20,22,27,31H,15-16H2,1-4H3,(H,28,34)(H,32,33)/t20?,22-/m1/s1. The summed E-state index contributed by atoms with van der Waals surface area (Å²) in [5.41, 5.74) is 2.20. The van der Waals surface area contributed by atoms with Crippen molar-refractivity contribution in [3.8, 4) is 5.69 Å². The fourth-order valence-electron chi connectivity index (χ4n) is 3.51. The third kappa shape index (κ3) is 6.23. The summed E-state index contributed by atoms with van der Waals surface area (Å²) in [6.45, 7) is 7.99. The zero-order valence-electron chi connectivity index (χ0n) is 19.9. The molecule has 34 heavy (non-hydrogen) atoms. The second kappa shape index (κ2) is 10.5. The molecule has 0 saturated heterocycles. The van der Waals surface area contributed by atoms with E-state index in [2.05, 4.69) is 15.7 Å². The quantitative estimate of drug-likeness (QED) is 0.381. The van der Waals surface area contributed by atoms with Gasteiger partial charge in [-0.25, -0.2) is 4.68 Å². The van der Waals surface area contributed by atoms with Gasteiger partial charge in [-0.3, -0.25) is 9.59 Å². The molecule has 2 atom stereocenters. The molecule has 4 N–H and O–H groups in total. The van der Waals surface area contributed by atoms with Gasteiger partial charge in [0.2, 0.25) is 0 Å². The minimum Gasteiger partial charge on any atom is -0.481 e. The van der Waals surface area contributed by atoms with Gasteiger partial charge in [0.05, 0.1) is 24.3 Å². The first-order valence-electron chi connectivity index (χ1n) is 11.2. The maximum Gasteiger partial charge on any atom is 0.305 e. The first-order valence-corrected chi connectivity index (χ1v) is 11.2. The number of carbonyl (C=O) groups excluding carboxylic acids is 1. The number of carboxylic acid groups (broad SMARTS) is 1. The molecule has 0 bridgehead atoms. The topological polar surface area (TPSA) is 116 Å². The van der Waals surface area contributed by atoms with E-state index in [1.54, 1.807) is 10.7 Å². The van der Waals surface area contributed by atoms with Crippen molar-refractivity contribution in [2.24, 2.45) is 5.41 Å². The number of aryl methyl sites for hydroxylation is 1. The first-order chi connectivity index (χ1) is 16.1. The Morgan fingerprint density at radius 1 is 1.06 bits per heavy atom. The summed E-state index contributed by atoms with van der Waals surface area (Å²) in [4.78, 5) is 24.6. The minimum absolute atomic E-state index is 0.139. The minimum atomic E-state index is -1.01. The largest absolute Gasteiger partial charge is 0.481 e. The van der Waals surface area contributed by atoms with Gasteiger partial charge in [0, 0.05) is 12.6 Å². The van der Waals surface area contributed by atoms with Crippen LogP contribution in [-0.2, 0) is 4.79 Å². The molecule has 0 aliphatic carbocycles. The third-order valence-corrected chi connectivity index (χ3v) is 5.67. The molecule has 8 heteroatoms. The van der Waals surface area contributed by atoms with Crippen LogP contribution in [0.4, 0.5) is 5.82 Å². The third-order valence-electron chi connectivity index (χ3n) is 5.67. The number of anilines is 1. The Morgan fingerprint density at radius 3 is 2.32 bits per heavy atom. The van der Waals surface area contributed by atoms with E-state index in [1.165, 1.54) is 0 Å². The van der Waals surface area contributed by atoms with Crippen molar-refractivity contribution in [3.05, 3.63) is 77.5 Å². The monoisotopic (exact) mass is 464 g/mol. The molecule has 1 aromatic heterocycles. The van der Waals surface area contributed by atoms with E-state index in [1.807, 2.05) is 82.3 Å². The number of aromatic nitrogens is 2. The number of aliphatic carboxylic acids is 1. The van der Waals surface area contributed by atoms with E-state index in [4.69, 9.17) is 0 Å². The summed E-state index contributed by atoms with van der Waals surface area (Å²) in [6, 6.07) is 17.6. The smallest absolute Gasteiger partial charge is 0.305 e. The number of nitrogens with zero attached hydrogens (tertiary/aromatic N) is 2. The van der Waals surface area contributed by atoms with Crippen LogP contribution in [0.2, 0.25) is 0 Å². The lowest BCUT2D eigenvalue weighted by Gasteiger charge is -2.26. The maximum absolute atomic E-state index is 13.2. The fraction of sp³-hybridized carbons (Fsp3) is 0.346. The molecule has 0 saturated carbocycles. The molecule has 180 valence electrons. The molecule has 0 fully saturated rings. The van der Waals surface area contributed by atoms with E-state index in [-0.39, 0.29) is 24.1 Å². The van der Waals surface area contributed by atoms with Crippen LogP contribution in [0, 0.1) is 12.3 Å². The number of hydrogen-bond donors (Lipinski definition) is 4. The number of hydrogen-bond acceptors (Lipinski definition) is 5. The van der Waals surface area contributed by atoms with Gasteiger partial charge in [0.1, 0.15) is 5.82 Å². The molecular weight excluding hydrogens is 432 g/mol. The molecule has 3 rings (SSSR count). The molecule has 0 aliphatic heterocycles. The predicted octanol–water partition coefficient (Wildman–Crippen LogP) is 3.95. The van der Waals surface area contributed by atoms with Gasteiger partial charge < -0.3 is 20.8 Å². The molecular formula is C26H32N4O4. The molecule has 0 aliphatic rings. The Kier molecular flexibility index (Phi) is 7.73. The van der Waals surface area contributed by atoms with E-state index >= 15 is 0 Å². The van der Waals surface area contributed by atoms with Gasteiger partial charge in [0.15, 0.2) is 5.69 Å². The van der Waals surface area contributed by atoms with Crippen molar-refractivity contribution in [2.75, 3.05) is 11.9 Å². The van der Waals surface area contributed by atoms with Crippen LogP contribution in [0.5, 0.6) is 0 Å². The fourth-order valence-corrected chi connectivity index (χ4v) is 3.51. The van der Waals surface area contributed by atoms with Crippen LogP contribution in [0.1, 0.15) is 54.8 Å². The van der Waals surface area contributed by atoms with Gasteiger partial charge in [-0.1, -0.05) is 63.2 Å². The van der Waals surface area contributed by atoms with Gasteiger partial charge >= 0.3 is 5.97 Å². The number of rotatable bonds is 9. The molecule has 1 amide bonds. The predicted molar refractivity (Wildman–Crippen MR) is 131 cm³/mol. The molecule has 2 aromatic carbocycles. The van der Waals surface area contributed by atoms with Crippen molar-refractivity contribution in [1.82, 2.24) is 15.1 Å². The number of para-hydroxylation sites is 1. The van der Waals surface area contributed by atoms with Crippen molar-refractivity contribution in [2.45, 2.75) is 46.3 Å². The van der Waals surface area contributed by atoms with E-state index in [0.29, 0.717) is 5.82 Å². The van der Waals surface area contributed by atoms with E-state index in [0.717, 1.165) is 16.8 Å². The Balaban J connectivity index is 1.90. The van der Waals surface area contributed by atoms with Gasteiger partial charge in [-0.15, -0.1) is 0 Å². The highest BCUT2D eigenvalue weighted by Crippen LogP contribution is 2.24. The molecule has 0 spiro atoms. The number of aliphatic hydroxyl groups is 1. The highest BCUT2D eigenvalue weighted by molar-refractivity contribution is 5.93. The second-order valence-corrected chi connectivity index (χ2v) is 9.41. The average Bonchev–Trinajstić information content (AvgIpc) is 3.21. The van der Waals surface area contributed by atoms with Crippen molar-refractivity contribution in [3.63, 3.8) is 0 Å². The molecule has 8 nitrogen and oxygen atoms in total. The van der Waals surface area contributed by atoms with Crippen LogP contribution in [0.15, 0.2) is 60.7 Å². The number of aliphatic hydroxyl groups excluding tert-OH is 1.